The molecule has 1 amide bonds. The number of carbonyl (C=O) groups excluding carboxylic acids is 1. The Labute approximate surface area is 107 Å². The number of carbonyl (C=O) groups is 1. The predicted molar refractivity (Wildman–Crippen MR) is 72.9 cm³/mol. The molecule has 0 spiro atoms. The molecule has 0 bridgehead atoms. The Kier molecular flexibility index (Phi) is 19.6. The molecule has 0 aromatic heterocycles. The highest BCUT2D eigenvalue weighted by atomic mass is 16.3. The Morgan fingerprint density at radius 1 is 1.12 bits per heavy atom. The van der Waals surface area contributed by atoms with Crippen molar-refractivity contribution in [2.45, 2.75) is 66.1 Å². The number of hydrogen-bond acceptors (Lipinski definition) is 3. The van der Waals surface area contributed by atoms with E-state index in [0.29, 0.717) is 12.8 Å². The maximum Gasteiger partial charge on any atom is 0.221 e. The lowest BCUT2D eigenvalue weighted by Gasteiger charge is -2.08. The Hall–Kier alpha value is -0.610. The summed E-state index contributed by atoms with van der Waals surface area (Å²) in [6.07, 6.45) is 1.36. The second-order valence-corrected chi connectivity index (χ2v) is 4.07. The van der Waals surface area contributed by atoms with E-state index in [-0.39, 0.29) is 5.91 Å². The Morgan fingerprint density at radius 3 is 1.47 bits per heavy atom. The van der Waals surface area contributed by atoms with Crippen LogP contribution >= 0.6 is 0 Å². The average molecular weight is 249 g/mol. The highest BCUT2D eigenvalue weighted by molar-refractivity contribution is 5.75. The van der Waals surface area contributed by atoms with E-state index in [1.165, 1.54) is 6.42 Å². The minimum Gasteiger partial charge on any atom is -0.391 e. The zero-order valence-electron chi connectivity index (χ0n) is 12.5. The first-order chi connectivity index (χ1) is 7.78. The highest BCUT2D eigenvalue weighted by Crippen LogP contribution is 1.94. The van der Waals surface area contributed by atoms with E-state index >= 15 is 0 Å². The molecule has 0 aliphatic heterocycles. The Bertz CT molecular complexity index is 159. The lowest BCUT2D eigenvalue weighted by atomic mass is 10.2. The molecule has 0 aliphatic rings. The number of amides is 1. The van der Waals surface area contributed by atoms with E-state index in [9.17, 15) is 4.79 Å². The summed E-state index contributed by atoms with van der Waals surface area (Å²) in [5.74, 6) is 0.181. The van der Waals surface area contributed by atoms with Gasteiger partial charge in [0, 0.05) is 20.5 Å². The molecule has 0 rings (SSSR count). The second kappa shape index (κ2) is 15.4. The molecule has 17 heavy (non-hydrogen) atoms. The number of nitrogens with zero attached hydrogens (tertiary/aromatic N) is 1. The van der Waals surface area contributed by atoms with E-state index in [2.05, 4.69) is 13.8 Å². The van der Waals surface area contributed by atoms with E-state index in [1.807, 2.05) is 13.8 Å². The molecule has 0 aliphatic carbocycles. The fourth-order valence-electron chi connectivity index (χ4n) is 0.657. The summed E-state index contributed by atoms with van der Waals surface area (Å²) in [7, 11) is 3.51. The van der Waals surface area contributed by atoms with Gasteiger partial charge in [-0.05, 0) is 13.3 Å². The van der Waals surface area contributed by atoms with Gasteiger partial charge < -0.3 is 15.1 Å². The average Bonchev–Trinajstić information content (AvgIpc) is 2.28. The summed E-state index contributed by atoms with van der Waals surface area (Å²) < 4.78 is 0. The van der Waals surface area contributed by atoms with Crippen LogP contribution in [0.25, 0.3) is 0 Å². The summed E-state index contributed by atoms with van der Waals surface area (Å²) in [5.41, 5.74) is 0. The first-order valence-corrected chi connectivity index (χ1v) is 6.34. The lowest BCUT2D eigenvalue weighted by molar-refractivity contribution is -0.128. The first kappa shape index (κ1) is 21.7. The molecule has 0 aromatic carbocycles. The van der Waals surface area contributed by atoms with Crippen LogP contribution in [0.4, 0.5) is 0 Å². The van der Waals surface area contributed by atoms with Gasteiger partial charge in [0.05, 0.1) is 12.2 Å². The van der Waals surface area contributed by atoms with Crippen molar-refractivity contribution in [3.05, 3.63) is 0 Å². The molecule has 0 heterocycles. The molecule has 2 unspecified atom stereocenters. The third-order valence-corrected chi connectivity index (χ3v) is 1.78. The quantitative estimate of drug-likeness (QED) is 0.804. The SMILES string of the molecule is CCC.CCC(=O)N(C)C.CCC(O)C(C)O. The summed E-state index contributed by atoms with van der Waals surface area (Å²) in [4.78, 5) is 12.0. The highest BCUT2D eigenvalue weighted by Gasteiger charge is 2.05. The van der Waals surface area contributed by atoms with Crippen molar-refractivity contribution < 1.29 is 15.0 Å². The molecule has 0 fully saturated rings. The maximum absolute atomic E-state index is 10.4. The molecular formula is C13H31NO3. The number of rotatable bonds is 3. The standard InChI is InChI=1S/C5H11NO.C5H12O2.C3H8/c1-4-5(7)6(2)3;1-3-5(7)4(2)6;1-3-2/h4H2,1-3H3;4-7H,3H2,1-2H3;3H2,1-2H3. The summed E-state index contributed by atoms with van der Waals surface area (Å²) >= 11 is 0. The van der Waals surface area contributed by atoms with Crippen LogP contribution in [0, 0.1) is 0 Å². The van der Waals surface area contributed by atoms with Crippen molar-refractivity contribution in [3.63, 3.8) is 0 Å². The van der Waals surface area contributed by atoms with Crippen LogP contribution in [0.3, 0.4) is 0 Å². The van der Waals surface area contributed by atoms with E-state index in [0.717, 1.165) is 0 Å². The third-order valence-electron chi connectivity index (χ3n) is 1.78. The number of aliphatic hydroxyl groups is 2. The summed E-state index contributed by atoms with van der Waals surface area (Å²) in [6.45, 7) is 9.51. The van der Waals surface area contributed by atoms with E-state index < -0.39 is 12.2 Å². The van der Waals surface area contributed by atoms with Crippen molar-refractivity contribution in [1.82, 2.24) is 4.90 Å². The van der Waals surface area contributed by atoms with Gasteiger partial charge in [-0.15, -0.1) is 0 Å². The molecule has 0 radical (unpaired) electrons. The molecule has 106 valence electrons. The van der Waals surface area contributed by atoms with Crippen LogP contribution in [-0.2, 0) is 4.79 Å². The zero-order chi connectivity index (χ0) is 14.4. The van der Waals surface area contributed by atoms with Gasteiger partial charge in [-0.25, -0.2) is 0 Å². The van der Waals surface area contributed by atoms with Crippen molar-refractivity contribution >= 4 is 5.91 Å². The van der Waals surface area contributed by atoms with Gasteiger partial charge in [0.15, 0.2) is 0 Å². The largest absolute Gasteiger partial charge is 0.391 e. The summed E-state index contributed by atoms with van der Waals surface area (Å²) in [5, 5.41) is 17.3. The van der Waals surface area contributed by atoms with Crippen molar-refractivity contribution in [2.24, 2.45) is 0 Å². The third kappa shape index (κ3) is 21.3. The molecule has 0 saturated heterocycles. The molecular weight excluding hydrogens is 218 g/mol. The smallest absolute Gasteiger partial charge is 0.221 e. The van der Waals surface area contributed by atoms with Crippen LogP contribution in [0.2, 0.25) is 0 Å². The molecule has 0 saturated carbocycles. The Morgan fingerprint density at radius 2 is 1.47 bits per heavy atom. The summed E-state index contributed by atoms with van der Waals surface area (Å²) in [6, 6.07) is 0. The van der Waals surface area contributed by atoms with Gasteiger partial charge in [0.25, 0.3) is 0 Å². The molecule has 4 heteroatoms. The number of hydrogen-bond donors (Lipinski definition) is 2. The lowest BCUT2D eigenvalue weighted by Crippen LogP contribution is -2.20. The van der Waals surface area contributed by atoms with E-state index in [4.69, 9.17) is 10.2 Å². The van der Waals surface area contributed by atoms with Crippen molar-refractivity contribution in [3.8, 4) is 0 Å². The van der Waals surface area contributed by atoms with Gasteiger partial charge in [0.2, 0.25) is 5.91 Å². The van der Waals surface area contributed by atoms with Gasteiger partial charge in [-0.1, -0.05) is 34.1 Å². The maximum atomic E-state index is 10.4. The number of aliphatic hydroxyl groups excluding tert-OH is 2. The van der Waals surface area contributed by atoms with Crippen LogP contribution < -0.4 is 0 Å². The second-order valence-electron chi connectivity index (χ2n) is 4.07. The minimum absolute atomic E-state index is 0.181. The Balaban J connectivity index is -0.000000188. The molecule has 4 nitrogen and oxygen atoms in total. The van der Waals surface area contributed by atoms with Gasteiger partial charge in [-0.3, -0.25) is 4.79 Å². The topological polar surface area (TPSA) is 60.8 Å². The van der Waals surface area contributed by atoms with Crippen LogP contribution in [0.1, 0.15) is 53.9 Å². The minimum atomic E-state index is -0.579. The predicted octanol–water partition coefficient (Wildman–Crippen LogP) is 2.04. The van der Waals surface area contributed by atoms with Crippen molar-refractivity contribution in [1.29, 1.82) is 0 Å². The fraction of sp³-hybridized carbons (Fsp3) is 0.923. The molecule has 2 N–H and O–H groups in total. The zero-order valence-corrected chi connectivity index (χ0v) is 12.5. The van der Waals surface area contributed by atoms with E-state index in [1.54, 1.807) is 25.9 Å². The normalized spacial score (nSPS) is 12.3. The molecule has 2 atom stereocenters. The molecule has 0 aromatic rings. The first-order valence-electron chi connectivity index (χ1n) is 6.34. The monoisotopic (exact) mass is 249 g/mol. The fourth-order valence-corrected chi connectivity index (χ4v) is 0.657. The van der Waals surface area contributed by atoms with Crippen LogP contribution in [0.5, 0.6) is 0 Å². The van der Waals surface area contributed by atoms with Crippen LogP contribution in [-0.4, -0.2) is 47.3 Å². The van der Waals surface area contributed by atoms with Gasteiger partial charge >= 0.3 is 0 Å². The van der Waals surface area contributed by atoms with Crippen molar-refractivity contribution in [2.75, 3.05) is 14.1 Å². The van der Waals surface area contributed by atoms with Gasteiger partial charge in [0.1, 0.15) is 0 Å². The van der Waals surface area contributed by atoms with Gasteiger partial charge in [-0.2, -0.15) is 0 Å². The van der Waals surface area contributed by atoms with Crippen LogP contribution in [0.15, 0.2) is 0 Å².